The van der Waals surface area contributed by atoms with Gasteiger partial charge in [0.15, 0.2) is 0 Å². The SMILES string of the molecule is CC(=O)NSOSNC(C)=O.Cn1ccc2ccccc21. The van der Waals surface area contributed by atoms with E-state index in [1.807, 2.05) is 0 Å². The summed E-state index contributed by atoms with van der Waals surface area (Å²) in [7, 11) is 2.06. The number of nitrogens with one attached hydrogen (secondary N) is 2. The fourth-order valence-electron chi connectivity index (χ4n) is 1.39. The van der Waals surface area contributed by atoms with Crippen molar-refractivity contribution in [3.05, 3.63) is 36.5 Å². The van der Waals surface area contributed by atoms with E-state index in [0.29, 0.717) is 0 Å². The van der Waals surface area contributed by atoms with E-state index in [2.05, 4.69) is 61.2 Å². The second-order valence-corrected chi connectivity index (χ2v) is 5.32. The number of fused-ring (bicyclic) bond motifs is 1. The average Bonchev–Trinajstić information content (AvgIpc) is 2.81. The standard InChI is InChI=1S/C9H9N.C4H8N2O3S2/c1-10-7-6-8-4-2-3-5-9(8)10;1-3(7)5-10-9-11-6-4(2)8/h2-7H,1H3;1-2H3,(H,5,7)(H,6,8). The summed E-state index contributed by atoms with van der Waals surface area (Å²) < 4.78 is 11.4. The van der Waals surface area contributed by atoms with E-state index < -0.39 is 0 Å². The topological polar surface area (TPSA) is 72.4 Å². The molecule has 0 spiro atoms. The summed E-state index contributed by atoms with van der Waals surface area (Å²) in [5, 5.41) is 1.31. The summed E-state index contributed by atoms with van der Waals surface area (Å²) in [5.41, 5.74) is 1.29. The van der Waals surface area contributed by atoms with Crippen LogP contribution in [0.2, 0.25) is 0 Å². The molecule has 0 fully saturated rings. The molecule has 0 aliphatic rings. The van der Waals surface area contributed by atoms with Crippen LogP contribution >= 0.6 is 24.5 Å². The van der Waals surface area contributed by atoms with Crippen LogP contribution in [0.25, 0.3) is 10.9 Å². The van der Waals surface area contributed by atoms with Gasteiger partial charge in [-0.1, -0.05) is 18.2 Å². The molecule has 2 amide bonds. The summed E-state index contributed by atoms with van der Waals surface area (Å²) in [6.07, 6.45) is 2.07. The Balaban J connectivity index is 0.000000210. The summed E-state index contributed by atoms with van der Waals surface area (Å²) in [6, 6.07) is 10.5. The Morgan fingerprint density at radius 3 is 2.14 bits per heavy atom. The number of carbonyl (C=O) groups excluding carboxylic acids is 2. The Morgan fingerprint density at radius 2 is 1.62 bits per heavy atom. The number of amides is 2. The third kappa shape index (κ3) is 7.07. The molecule has 0 aliphatic heterocycles. The molecule has 0 unspecified atom stereocenters. The van der Waals surface area contributed by atoms with E-state index in [9.17, 15) is 9.59 Å². The van der Waals surface area contributed by atoms with Crippen LogP contribution in [0.15, 0.2) is 36.5 Å². The smallest absolute Gasteiger partial charge is 0.228 e. The molecule has 1 heterocycles. The van der Waals surface area contributed by atoms with Crippen molar-refractivity contribution < 1.29 is 13.2 Å². The molecule has 1 aromatic heterocycles. The lowest BCUT2D eigenvalue weighted by Crippen LogP contribution is -2.13. The fourth-order valence-corrected chi connectivity index (χ4v) is 2.03. The van der Waals surface area contributed by atoms with Crippen molar-refractivity contribution in [3.63, 3.8) is 0 Å². The second kappa shape index (κ2) is 9.32. The summed E-state index contributed by atoms with van der Waals surface area (Å²) in [6.45, 7) is 2.72. The van der Waals surface area contributed by atoms with Gasteiger partial charge in [-0.2, -0.15) is 0 Å². The third-order valence-corrected chi connectivity index (χ3v) is 3.52. The second-order valence-electron chi connectivity index (χ2n) is 4.04. The fraction of sp³-hybridized carbons (Fsp3) is 0.231. The number of rotatable bonds is 4. The van der Waals surface area contributed by atoms with Gasteiger partial charge in [0.2, 0.25) is 11.8 Å². The minimum atomic E-state index is -0.210. The van der Waals surface area contributed by atoms with E-state index in [1.54, 1.807) is 0 Å². The normalized spacial score (nSPS) is 9.67. The van der Waals surface area contributed by atoms with Crippen molar-refractivity contribution in [2.75, 3.05) is 0 Å². The molecule has 21 heavy (non-hydrogen) atoms. The maximum atomic E-state index is 10.2. The van der Waals surface area contributed by atoms with Crippen LogP contribution in [0.4, 0.5) is 0 Å². The van der Waals surface area contributed by atoms with Crippen LogP contribution < -0.4 is 9.44 Å². The Labute approximate surface area is 132 Å². The third-order valence-electron chi connectivity index (χ3n) is 2.23. The molecule has 0 atom stereocenters. The van der Waals surface area contributed by atoms with Crippen LogP contribution in [0.3, 0.4) is 0 Å². The van der Waals surface area contributed by atoms with Crippen LogP contribution in [-0.2, 0) is 20.3 Å². The maximum absolute atomic E-state index is 10.2. The number of hydrogen-bond donors (Lipinski definition) is 2. The lowest BCUT2D eigenvalue weighted by molar-refractivity contribution is -0.117. The summed E-state index contributed by atoms with van der Waals surface area (Å²) >= 11 is 1.50. The molecule has 114 valence electrons. The molecular formula is C13H17N3O3S2. The van der Waals surface area contributed by atoms with Crippen LogP contribution in [-0.4, -0.2) is 16.4 Å². The zero-order valence-electron chi connectivity index (χ0n) is 12.0. The maximum Gasteiger partial charge on any atom is 0.228 e. The Bertz CT molecular complexity index is 585. The number of hydrogen-bond acceptors (Lipinski definition) is 5. The minimum absolute atomic E-state index is 0.210. The average molecular weight is 327 g/mol. The number of benzene rings is 1. The molecule has 0 saturated carbocycles. The Kier molecular flexibility index (Phi) is 7.73. The van der Waals surface area contributed by atoms with Gasteiger partial charge in [-0.05, 0) is 17.5 Å². The van der Waals surface area contributed by atoms with E-state index >= 15 is 0 Å². The molecule has 6 nitrogen and oxygen atoms in total. The number of nitrogens with zero attached hydrogens (tertiary/aromatic N) is 1. The summed E-state index contributed by atoms with van der Waals surface area (Å²) in [5.74, 6) is -0.420. The molecule has 0 bridgehead atoms. The molecule has 1 aromatic carbocycles. The monoisotopic (exact) mass is 327 g/mol. The van der Waals surface area contributed by atoms with E-state index in [-0.39, 0.29) is 11.8 Å². The van der Waals surface area contributed by atoms with Crippen LogP contribution in [0, 0.1) is 0 Å². The van der Waals surface area contributed by atoms with Crippen molar-refractivity contribution in [2.24, 2.45) is 7.05 Å². The molecular weight excluding hydrogens is 310 g/mol. The van der Waals surface area contributed by atoms with Gasteiger partial charge in [-0.25, -0.2) is 3.63 Å². The zero-order valence-corrected chi connectivity index (χ0v) is 13.6. The zero-order chi connectivity index (χ0) is 15.7. The highest BCUT2D eigenvalue weighted by Gasteiger charge is 1.94. The molecule has 2 N–H and O–H groups in total. The van der Waals surface area contributed by atoms with Gasteiger partial charge in [-0.3, -0.25) is 19.0 Å². The van der Waals surface area contributed by atoms with Gasteiger partial charge >= 0.3 is 0 Å². The first-order valence-electron chi connectivity index (χ1n) is 6.03. The van der Waals surface area contributed by atoms with Gasteiger partial charge in [0.05, 0.1) is 0 Å². The minimum Gasteiger partial charge on any atom is -0.351 e. The molecule has 0 radical (unpaired) electrons. The first-order valence-corrected chi connectivity index (χ1v) is 7.51. The van der Waals surface area contributed by atoms with Crippen molar-refractivity contribution in [1.29, 1.82) is 0 Å². The first-order chi connectivity index (χ1) is 10.0. The van der Waals surface area contributed by atoms with E-state index in [1.165, 1.54) is 24.8 Å². The van der Waals surface area contributed by atoms with E-state index in [4.69, 9.17) is 0 Å². The number of aromatic nitrogens is 1. The quantitative estimate of drug-likeness (QED) is 0.513. The van der Waals surface area contributed by atoms with Crippen LogP contribution in [0.5, 0.6) is 0 Å². The van der Waals surface area contributed by atoms with Gasteiger partial charge in [0.1, 0.15) is 24.5 Å². The lowest BCUT2D eigenvalue weighted by Gasteiger charge is -1.98. The lowest BCUT2D eigenvalue weighted by atomic mass is 10.2. The van der Waals surface area contributed by atoms with Gasteiger partial charge in [0, 0.05) is 32.6 Å². The van der Waals surface area contributed by atoms with Gasteiger partial charge in [0.25, 0.3) is 0 Å². The number of aryl methyl sites for hydroxylation is 1. The number of para-hydroxylation sites is 1. The molecule has 0 saturated heterocycles. The summed E-state index contributed by atoms with van der Waals surface area (Å²) in [4.78, 5) is 20.5. The van der Waals surface area contributed by atoms with Crippen LogP contribution in [0.1, 0.15) is 13.8 Å². The first kappa shape index (κ1) is 17.4. The van der Waals surface area contributed by atoms with Crippen molar-refractivity contribution in [3.8, 4) is 0 Å². The van der Waals surface area contributed by atoms with E-state index in [0.717, 1.165) is 24.5 Å². The largest absolute Gasteiger partial charge is 0.351 e. The molecule has 2 rings (SSSR count). The Hall–Kier alpha value is -1.64. The van der Waals surface area contributed by atoms with Crippen molar-refractivity contribution in [2.45, 2.75) is 13.8 Å². The van der Waals surface area contributed by atoms with Gasteiger partial charge < -0.3 is 4.57 Å². The predicted molar refractivity (Wildman–Crippen MR) is 86.8 cm³/mol. The molecule has 8 heteroatoms. The van der Waals surface area contributed by atoms with Crippen molar-refractivity contribution in [1.82, 2.24) is 14.0 Å². The highest BCUT2D eigenvalue weighted by molar-refractivity contribution is 8.06. The Morgan fingerprint density at radius 1 is 1.05 bits per heavy atom. The van der Waals surface area contributed by atoms with Gasteiger partial charge in [-0.15, -0.1) is 0 Å². The van der Waals surface area contributed by atoms with Crippen molar-refractivity contribution >= 4 is 47.2 Å². The highest BCUT2D eigenvalue weighted by atomic mass is 32.2. The highest BCUT2D eigenvalue weighted by Crippen LogP contribution is 2.12. The molecule has 2 aromatic rings. The number of carbonyl (C=O) groups is 2. The molecule has 0 aliphatic carbocycles. The predicted octanol–water partition coefficient (Wildman–Crippen LogP) is 2.58.